The molecule has 3 rings (SSSR count). The first-order chi connectivity index (χ1) is 9.74. The first kappa shape index (κ1) is 12.8. The number of carbonyl (C=O) groups is 1. The maximum Gasteiger partial charge on any atom is 0.260 e. The molecule has 0 unspecified atom stereocenters. The quantitative estimate of drug-likeness (QED) is 0.889. The van der Waals surface area contributed by atoms with Crippen molar-refractivity contribution in [2.45, 2.75) is 25.8 Å². The normalized spacial score (nSPS) is 18.1. The van der Waals surface area contributed by atoms with Gasteiger partial charge in [0.1, 0.15) is 0 Å². The van der Waals surface area contributed by atoms with E-state index in [9.17, 15) is 4.79 Å². The molecule has 1 fully saturated rings. The maximum absolute atomic E-state index is 12.2. The van der Waals surface area contributed by atoms with Gasteiger partial charge >= 0.3 is 0 Å². The Hall–Kier alpha value is -2.21. The first-order valence-electron chi connectivity index (χ1n) is 6.68. The molecule has 6 heteroatoms. The van der Waals surface area contributed by atoms with Crippen LogP contribution in [-0.4, -0.2) is 28.6 Å². The number of hydrogen-bond donors (Lipinski definition) is 2. The van der Waals surface area contributed by atoms with Gasteiger partial charge in [0, 0.05) is 0 Å². The van der Waals surface area contributed by atoms with Crippen LogP contribution in [0.2, 0.25) is 0 Å². The second kappa shape index (κ2) is 5.42. The predicted molar refractivity (Wildman–Crippen MR) is 74.1 cm³/mol. The van der Waals surface area contributed by atoms with Gasteiger partial charge in [0.05, 0.1) is 17.3 Å². The van der Waals surface area contributed by atoms with Gasteiger partial charge in [-0.15, -0.1) is 0 Å². The Morgan fingerprint density at radius 3 is 3.00 bits per heavy atom. The monoisotopic (exact) mass is 272 g/mol. The van der Waals surface area contributed by atoms with Crippen molar-refractivity contribution in [2.24, 2.45) is 0 Å². The van der Waals surface area contributed by atoms with Crippen molar-refractivity contribution >= 4 is 11.6 Å². The minimum atomic E-state index is -0.118. The molecule has 1 aromatic heterocycles. The van der Waals surface area contributed by atoms with Gasteiger partial charge in [-0.3, -0.25) is 4.79 Å². The van der Waals surface area contributed by atoms with Gasteiger partial charge in [0.25, 0.3) is 5.89 Å². The van der Waals surface area contributed by atoms with Crippen LogP contribution in [-0.2, 0) is 4.79 Å². The van der Waals surface area contributed by atoms with Gasteiger partial charge in [0.15, 0.2) is 5.82 Å². The molecule has 1 aliphatic rings. The summed E-state index contributed by atoms with van der Waals surface area (Å²) < 4.78 is 5.17. The lowest BCUT2D eigenvalue weighted by Crippen LogP contribution is -2.35. The molecule has 1 aliphatic heterocycles. The number of aryl methyl sites for hydroxylation is 1. The van der Waals surface area contributed by atoms with Crippen molar-refractivity contribution in [3.8, 4) is 11.5 Å². The molecule has 0 aliphatic carbocycles. The summed E-state index contributed by atoms with van der Waals surface area (Å²) in [5.74, 6) is 0.961. The summed E-state index contributed by atoms with van der Waals surface area (Å²) in [6.45, 7) is 2.65. The third-order valence-corrected chi connectivity index (χ3v) is 3.32. The Kier molecular flexibility index (Phi) is 3.47. The fraction of sp³-hybridized carbons (Fsp3) is 0.357. The second-order valence-corrected chi connectivity index (χ2v) is 4.83. The standard InChI is InChI=1S/C14H16N4O2/c1-9-16-14(20-18-9)10-5-2-3-6-11(10)17-13(19)12-7-4-8-15-12/h2-3,5-6,12,15H,4,7-8H2,1H3,(H,17,19)/t12-/m1/s1. The smallest absolute Gasteiger partial charge is 0.260 e. The van der Waals surface area contributed by atoms with Crippen LogP contribution in [0.15, 0.2) is 28.8 Å². The first-order valence-corrected chi connectivity index (χ1v) is 6.68. The van der Waals surface area contributed by atoms with Gasteiger partial charge in [0.2, 0.25) is 5.91 Å². The lowest BCUT2D eigenvalue weighted by Gasteiger charge is -2.12. The molecular formula is C14H16N4O2. The van der Waals surface area contributed by atoms with Gasteiger partial charge < -0.3 is 15.2 Å². The zero-order valence-electron chi connectivity index (χ0n) is 11.2. The molecule has 2 aromatic rings. The van der Waals surface area contributed by atoms with Crippen molar-refractivity contribution in [3.63, 3.8) is 0 Å². The van der Waals surface area contributed by atoms with Gasteiger partial charge in [-0.2, -0.15) is 4.98 Å². The van der Waals surface area contributed by atoms with Crippen LogP contribution in [0, 0.1) is 6.92 Å². The Morgan fingerprint density at radius 2 is 2.30 bits per heavy atom. The summed E-state index contributed by atoms with van der Waals surface area (Å²) >= 11 is 0. The highest BCUT2D eigenvalue weighted by Gasteiger charge is 2.23. The molecular weight excluding hydrogens is 256 g/mol. The van der Waals surface area contributed by atoms with Crippen molar-refractivity contribution < 1.29 is 9.32 Å². The average Bonchev–Trinajstić information content (AvgIpc) is 3.10. The molecule has 6 nitrogen and oxygen atoms in total. The van der Waals surface area contributed by atoms with E-state index in [2.05, 4.69) is 20.8 Å². The maximum atomic E-state index is 12.2. The number of hydrogen-bond acceptors (Lipinski definition) is 5. The van der Waals surface area contributed by atoms with Crippen LogP contribution in [0.1, 0.15) is 18.7 Å². The van der Waals surface area contributed by atoms with E-state index in [4.69, 9.17) is 4.52 Å². The number of nitrogens with one attached hydrogen (secondary N) is 2. The highest BCUT2D eigenvalue weighted by atomic mass is 16.5. The molecule has 1 aromatic carbocycles. The minimum Gasteiger partial charge on any atom is -0.334 e. The molecule has 2 heterocycles. The lowest BCUT2D eigenvalue weighted by molar-refractivity contribution is -0.117. The van der Waals surface area contributed by atoms with Crippen molar-refractivity contribution in [1.29, 1.82) is 0 Å². The Balaban J connectivity index is 1.84. The topological polar surface area (TPSA) is 80.0 Å². The van der Waals surface area contributed by atoms with Crippen molar-refractivity contribution in [3.05, 3.63) is 30.1 Å². The minimum absolute atomic E-state index is 0.0220. The van der Waals surface area contributed by atoms with E-state index in [0.29, 0.717) is 17.4 Å². The van der Waals surface area contributed by atoms with E-state index in [1.165, 1.54) is 0 Å². The Morgan fingerprint density at radius 1 is 1.45 bits per heavy atom. The molecule has 1 atom stereocenters. The van der Waals surface area contributed by atoms with E-state index in [1.807, 2.05) is 24.3 Å². The summed E-state index contributed by atoms with van der Waals surface area (Å²) in [6.07, 6.45) is 1.90. The van der Waals surface area contributed by atoms with E-state index in [1.54, 1.807) is 6.92 Å². The van der Waals surface area contributed by atoms with Crippen LogP contribution < -0.4 is 10.6 Å². The highest BCUT2D eigenvalue weighted by Crippen LogP contribution is 2.26. The molecule has 0 bridgehead atoms. The summed E-state index contributed by atoms with van der Waals surface area (Å²) in [6, 6.07) is 7.31. The highest BCUT2D eigenvalue weighted by molar-refractivity contribution is 5.98. The van der Waals surface area contributed by atoms with Crippen LogP contribution in [0.5, 0.6) is 0 Å². The van der Waals surface area contributed by atoms with Crippen molar-refractivity contribution in [1.82, 2.24) is 15.5 Å². The number of nitrogens with zero attached hydrogens (tertiary/aromatic N) is 2. The predicted octanol–water partition coefficient (Wildman–Crippen LogP) is 1.74. The summed E-state index contributed by atoms with van der Waals surface area (Å²) in [4.78, 5) is 16.4. The van der Waals surface area contributed by atoms with E-state index >= 15 is 0 Å². The van der Waals surface area contributed by atoms with Gasteiger partial charge in [-0.05, 0) is 38.4 Å². The number of para-hydroxylation sites is 1. The molecule has 0 saturated carbocycles. The molecule has 0 spiro atoms. The second-order valence-electron chi connectivity index (χ2n) is 4.83. The molecule has 1 saturated heterocycles. The van der Waals surface area contributed by atoms with E-state index < -0.39 is 0 Å². The number of anilines is 1. The zero-order chi connectivity index (χ0) is 13.9. The number of benzene rings is 1. The lowest BCUT2D eigenvalue weighted by atomic mass is 10.1. The van der Waals surface area contributed by atoms with E-state index in [0.717, 1.165) is 24.9 Å². The third-order valence-electron chi connectivity index (χ3n) is 3.32. The molecule has 0 radical (unpaired) electrons. The van der Waals surface area contributed by atoms with Crippen molar-refractivity contribution in [2.75, 3.05) is 11.9 Å². The molecule has 104 valence electrons. The molecule has 1 amide bonds. The molecule has 2 N–H and O–H groups in total. The number of aromatic nitrogens is 2. The van der Waals surface area contributed by atoms with Crippen LogP contribution in [0.3, 0.4) is 0 Å². The fourth-order valence-electron chi connectivity index (χ4n) is 2.31. The molecule has 20 heavy (non-hydrogen) atoms. The SMILES string of the molecule is Cc1noc(-c2ccccc2NC(=O)[C@H]2CCCN2)n1. The summed E-state index contributed by atoms with van der Waals surface area (Å²) in [5.41, 5.74) is 1.43. The number of rotatable bonds is 3. The summed E-state index contributed by atoms with van der Waals surface area (Å²) in [5, 5.41) is 9.89. The number of carbonyl (C=O) groups excluding carboxylic acids is 1. The Bertz CT molecular complexity index is 617. The summed E-state index contributed by atoms with van der Waals surface area (Å²) in [7, 11) is 0. The third kappa shape index (κ3) is 2.55. The van der Waals surface area contributed by atoms with Crippen LogP contribution >= 0.6 is 0 Å². The average molecular weight is 272 g/mol. The zero-order valence-corrected chi connectivity index (χ0v) is 11.2. The number of amides is 1. The van der Waals surface area contributed by atoms with Gasteiger partial charge in [-0.1, -0.05) is 17.3 Å². The van der Waals surface area contributed by atoms with Crippen LogP contribution in [0.25, 0.3) is 11.5 Å². The fourth-order valence-corrected chi connectivity index (χ4v) is 2.31. The van der Waals surface area contributed by atoms with Gasteiger partial charge in [-0.25, -0.2) is 0 Å². The van der Waals surface area contributed by atoms with E-state index in [-0.39, 0.29) is 11.9 Å². The largest absolute Gasteiger partial charge is 0.334 e. The van der Waals surface area contributed by atoms with Crippen LogP contribution in [0.4, 0.5) is 5.69 Å². The Labute approximate surface area is 116 Å².